The minimum absolute atomic E-state index is 0.0610. The summed E-state index contributed by atoms with van der Waals surface area (Å²) < 4.78 is 11.1. The van der Waals surface area contributed by atoms with E-state index in [1.54, 1.807) is 30.2 Å². The first-order valence-electron chi connectivity index (χ1n) is 4.94. The zero-order valence-corrected chi connectivity index (χ0v) is 9.71. The van der Waals surface area contributed by atoms with E-state index in [1.165, 1.54) is 13.2 Å². The lowest BCUT2D eigenvalue weighted by atomic mass is 10.2. The van der Waals surface area contributed by atoms with Crippen LogP contribution in [0, 0.1) is 11.3 Å². The normalized spacial score (nSPS) is 11.0. The monoisotopic (exact) mass is 235 g/mol. The van der Waals surface area contributed by atoms with Gasteiger partial charge in [-0.2, -0.15) is 10.4 Å². The summed E-state index contributed by atoms with van der Waals surface area (Å²) in [5, 5.41) is 12.8. The van der Waals surface area contributed by atoms with E-state index in [4.69, 9.17) is 14.7 Å². The predicted molar refractivity (Wildman–Crippen MR) is 59.6 cm³/mol. The van der Waals surface area contributed by atoms with Crippen molar-refractivity contribution in [1.82, 2.24) is 9.78 Å². The summed E-state index contributed by atoms with van der Waals surface area (Å²) in [7, 11) is 3.25. The van der Waals surface area contributed by atoms with Crippen molar-refractivity contribution in [2.45, 2.75) is 0 Å². The van der Waals surface area contributed by atoms with Crippen LogP contribution in [0.5, 0.6) is 0 Å². The predicted octanol–water partition coefficient (Wildman–Crippen LogP) is 0.517. The van der Waals surface area contributed by atoms with Gasteiger partial charge in [0, 0.05) is 25.9 Å². The molecule has 0 saturated heterocycles. The fraction of sp³-hybridized carbons (Fsp3) is 0.364. The molecule has 0 bridgehead atoms. The summed E-state index contributed by atoms with van der Waals surface area (Å²) in [5.41, 5.74) is 0.613. The highest BCUT2D eigenvalue weighted by molar-refractivity contribution is 5.97. The molecule has 0 amide bonds. The second-order valence-corrected chi connectivity index (χ2v) is 3.25. The summed E-state index contributed by atoms with van der Waals surface area (Å²) in [6.07, 6.45) is 4.68. The van der Waals surface area contributed by atoms with Crippen molar-refractivity contribution in [2.75, 3.05) is 20.3 Å². The number of aromatic nitrogens is 2. The Kier molecular flexibility index (Phi) is 4.91. The Morgan fingerprint density at radius 2 is 2.41 bits per heavy atom. The molecule has 0 aromatic carbocycles. The van der Waals surface area contributed by atoms with Gasteiger partial charge in [-0.05, 0) is 6.08 Å². The summed E-state index contributed by atoms with van der Waals surface area (Å²) in [6, 6.07) is 1.80. The van der Waals surface area contributed by atoms with Crippen LogP contribution in [0.15, 0.2) is 18.0 Å². The first kappa shape index (κ1) is 12.9. The number of hydrogen-bond donors (Lipinski definition) is 0. The van der Waals surface area contributed by atoms with Crippen molar-refractivity contribution in [2.24, 2.45) is 7.05 Å². The average Bonchev–Trinajstić information content (AvgIpc) is 2.72. The standard InChI is InChI=1S/C11H13N3O3/c1-14-8-9(7-13-14)5-10(6-12)11(15)17-4-3-16-2/h5,7-8H,3-4H2,1-2H3/b10-5+. The maximum atomic E-state index is 11.5. The highest BCUT2D eigenvalue weighted by Crippen LogP contribution is 2.06. The number of hydrogen-bond acceptors (Lipinski definition) is 5. The molecule has 0 radical (unpaired) electrons. The van der Waals surface area contributed by atoms with Crippen molar-refractivity contribution >= 4 is 12.0 Å². The van der Waals surface area contributed by atoms with Gasteiger partial charge >= 0.3 is 5.97 Å². The van der Waals surface area contributed by atoms with E-state index in [0.29, 0.717) is 12.2 Å². The number of rotatable bonds is 5. The maximum absolute atomic E-state index is 11.5. The molecule has 0 spiro atoms. The third kappa shape index (κ3) is 4.09. The Bertz CT molecular complexity index is 457. The molecule has 0 aliphatic heterocycles. The Morgan fingerprint density at radius 1 is 1.65 bits per heavy atom. The van der Waals surface area contributed by atoms with Crippen LogP contribution < -0.4 is 0 Å². The fourth-order valence-electron chi connectivity index (χ4n) is 1.11. The molecule has 0 unspecified atom stereocenters. The Hall–Kier alpha value is -2.13. The Balaban J connectivity index is 2.68. The average molecular weight is 235 g/mol. The minimum atomic E-state index is -0.659. The van der Waals surface area contributed by atoms with E-state index in [1.807, 2.05) is 0 Å². The summed E-state index contributed by atoms with van der Waals surface area (Å²) in [6.45, 7) is 0.429. The van der Waals surface area contributed by atoms with Gasteiger partial charge in [0.2, 0.25) is 0 Å². The number of carbonyl (C=O) groups excluding carboxylic acids is 1. The first-order chi connectivity index (χ1) is 8.17. The molecule has 1 aromatic heterocycles. The van der Waals surface area contributed by atoms with Gasteiger partial charge in [0.1, 0.15) is 18.2 Å². The summed E-state index contributed by atoms with van der Waals surface area (Å²) in [5.74, 6) is -0.659. The molecule has 90 valence electrons. The van der Waals surface area contributed by atoms with Crippen molar-refractivity contribution < 1.29 is 14.3 Å². The third-order valence-corrected chi connectivity index (χ3v) is 1.90. The molecule has 0 atom stereocenters. The molecule has 6 nitrogen and oxygen atoms in total. The summed E-state index contributed by atoms with van der Waals surface area (Å²) in [4.78, 5) is 11.5. The van der Waals surface area contributed by atoms with E-state index in [0.717, 1.165) is 0 Å². The quantitative estimate of drug-likeness (QED) is 0.322. The molecule has 0 aliphatic carbocycles. The highest BCUT2D eigenvalue weighted by atomic mass is 16.6. The molecular formula is C11H13N3O3. The van der Waals surface area contributed by atoms with Gasteiger partial charge in [0.05, 0.1) is 12.8 Å². The first-order valence-corrected chi connectivity index (χ1v) is 4.94. The van der Waals surface area contributed by atoms with Crippen molar-refractivity contribution in [1.29, 1.82) is 5.26 Å². The van der Waals surface area contributed by atoms with Crippen LogP contribution in [0.4, 0.5) is 0 Å². The largest absolute Gasteiger partial charge is 0.459 e. The second kappa shape index (κ2) is 6.45. The summed E-state index contributed by atoms with van der Waals surface area (Å²) >= 11 is 0. The number of methoxy groups -OCH3 is 1. The molecule has 1 aromatic rings. The fourth-order valence-corrected chi connectivity index (χ4v) is 1.11. The van der Waals surface area contributed by atoms with Gasteiger partial charge in [-0.3, -0.25) is 4.68 Å². The maximum Gasteiger partial charge on any atom is 0.348 e. The van der Waals surface area contributed by atoms with E-state index in [9.17, 15) is 4.79 Å². The number of nitriles is 1. The van der Waals surface area contributed by atoms with Crippen LogP contribution in [0.25, 0.3) is 6.08 Å². The van der Waals surface area contributed by atoms with E-state index in [-0.39, 0.29) is 12.2 Å². The van der Waals surface area contributed by atoms with E-state index < -0.39 is 5.97 Å². The lowest BCUT2D eigenvalue weighted by Gasteiger charge is -2.01. The second-order valence-electron chi connectivity index (χ2n) is 3.25. The van der Waals surface area contributed by atoms with Crippen LogP contribution in [-0.4, -0.2) is 36.1 Å². The zero-order valence-electron chi connectivity index (χ0n) is 9.71. The molecule has 0 N–H and O–H groups in total. The lowest BCUT2D eigenvalue weighted by Crippen LogP contribution is -2.11. The topological polar surface area (TPSA) is 77.1 Å². The third-order valence-electron chi connectivity index (χ3n) is 1.90. The molecule has 0 aliphatic rings. The van der Waals surface area contributed by atoms with E-state index >= 15 is 0 Å². The van der Waals surface area contributed by atoms with Crippen molar-refractivity contribution in [3.05, 3.63) is 23.5 Å². The van der Waals surface area contributed by atoms with Gasteiger partial charge in [-0.15, -0.1) is 0 Å². The van der Waals surface area contributed by atoms with Crippen molar-refractivity contribution in [3.8, 4) is 6.07 Å². The molecule has 0 saturated carbocycles. The highest BCUT2D eigenvalue weighted by Gasteiger charge is 2.10. The van der Waals surface area contributed by atoms with Crippen LogP contribution in [0.1, 0.15) is 5.56 Å². The Labute approximate surface area is 99.0 Å². The van der Waals surface area contributed by atoms with Gasteiger partial charge in [0.25, 0.3) is 0 Å². The van der Waals surface area contributed by atoms with Crippen LogP contribution >= 0.6 is 0 Å². The molecule has 1 rings (SSSR count). The molecule has 1 heterocycles. The van der Waals surface area contributed by atoms with Gasteiger partial charge in [0.15, 0.2) is 0 Å². The van der Waals surface area contributed by atoms with Crippen LogP contribution in [0.2, 0.25) is 0 Å². The minimum Gasteiger partial charge on any atom is -0.459 e. The molecule has 17 heavy (non-hydrogen) atoms. The number of carbonyl (C=O) groups is 1. The smallest absolute Gasteiger partial charge is 0.348 e. The van der Waals surface area contributed by atoms with Crippen LogP contribution in [0.3, 0.4) is 0 Å². The van der Waals surface area contributed by atoms with E-state index in [2.05, 4.69) is 5.10 Å². The lowest BCUT2D eigenvalue weighted by molar-refractivity contribution is -0.139. The van der Waals surface area contributed by atoms with Crippen LogP contribution in [-0.2, 0) is 21.3 Å². The SMILES string of the molecule is COCCOC(=O)/C(C#N)=C/c1cnn(C)c1. The number of esters is 1. The van der Waals surface area contributed by atoms with Crippen molar-refractivity contribution in [3.63, 3.8) is 0 Å². The number of aryl methyl sites for hydroxylation is 1. The van der Waals surface area contributed by atoms with Gasteiger partial charge < -0.3 is 9.47 Å². The van der Waals surface area contributed by atoms with Gasteiger partial charge in [-0.1, -0.05) is 0 Å². The molecule has 6 heteroatoms. The molecular weight excluding hydrogens is 222 g/mol. The zero-order chi connectivity index (χ0) is 12.7. The number of nitrogens with zero attached hydrogens (tertiary/aromatic N) is 3. The number of ether oxygens (including phenoxy) is 2. The molecule has 0 fully saturated rings. The Morgan fingerprint density at radius 3 is 2.94 bits per heavy atom. The van der Waals surface area contributed by atoms with Gasteiger partial charge in [-0.25, -0.2) is 4.79 Å².